The van der Waals surface area contributed by atoms with Crippen LogP contribution in [0.1, 0.15) is 27.7 Å². The summed E-state index contributed by atoms with van der Waals surface area (Å²) in [7, 11) is 0. The SMILES string of the molecule is CCN(CC(C)C)CC(C)(N)CO. The van der Waals surface area contributed by atoms with Crippen LogP contribution in [-0.2, 0) is 0 Å². The molecular formula is C10H24N2O. The Kier molecular flexibility index (Phi) is 5.53. The third-order valence-electron chi connectivity index (χ3n) is 2.02. The van der Waals surface area contributed by atoms with Crippen molar-refractivity contribution in [3.05, 3.63) is 0 Å². The predicted octanol–water partition coefficient (Wildman–Crippen LogP) is 0.674. The maximum absolute atomic E-state index is 9.02. The van der Waals surface area contributed by atoms with E-state index in [4.69, 9.17) is 10.8 Å². The molecule has 3 nitrogen and oxygen atoms in total. The molecule has 80 valence electrons. The van der Waals surface area contributed by atoms with Gasteiger partial charge in [-0.05, 0) is 19.4 Å². The van der Waals surface area contributed by atoms with E-state index in [1.165, 1.54) is 0 Å². The molecule has 1 unspecified atom stereocenters. The summed E-state index contributed by atoms with van der Waals surface area (Å²) in [6.07, 6.45) is 0. The molecule has 0 aliphatic heterocycles. The molecule has 0 rings (SSSR count). The van der Waals surface area contributed by atoms with Crippen LogP contribution < -0.4 is 5.73 Å². The summed E-state index contributed by atoms with van der Waals surface area (Å²) in [6.45, 7) is 11.2. The number of aliphatic hydroxyl groups excluding tert-OH is 1. The highest BCUT2D eigenvalue weighted by molar-refractivity contribution is 4.81. The van der Waals surface area contributed by atoms with E-state index in [1.807, 2.05) is 6.92 Å². The molecule has 1 atom stereocenters. The Balaban J connectivity index is 3.97. The van der Waals surface area contributed by atoms with Crippen molar-refractivity contribution in [1.82, 2.24) is 4.90 Å². The third-order valence-corrected chi connectivity index (χ3v) is 2.02. The van der Waals surface area contributed by atoms with Gasteiger partial charge in [-0.15, -0.1) is 0 Å². The number of aliphatic hydroxyl groups is 1. The average molecular weight is 188 g/mol. The summed E-state index contributed by atoms with van der Waals surface area (Å²) in [4.78, 5) is 2.28. The zero-order chi connectivity index (χ0) is 10.5. The van der Waals surface area contributed by atoms with Crippen LogP contribution in [0.15, 0.2) is 0 Å². The van der Waals surface area contributed by atoms with Crippen LogP contribution >= 0.6 is 0 Å². The lowest BCUT2D eigenvalue weighted by atomic mass is 10.0. The van der Waals surface area contributed by atoms with Crippen molar-refractivity contribution in [3.63, 3.8) is 0 Å². The van der Waals surface area contributed by atoms with E-state index >= 15 is 0 Å². The quantitative estimate of drug-likeness (QED) is 0.644. The van der Waals surface area contributed by atoms with Crippen LogP contribution in [0.2, 0.25) is 0 Å². The standard InChI is InChI=1S/C10H24N2O/c1-5-12(6-9(2)3)7-10(4,11)8-13/h9,13H,5-8,11H2,1-4H3. The second-order valence-corrected chi connectivity index (χ2v) is 4.53. The van der Waals surface area contributed by atoms with Crippen LogP contribution in [0, 0.1) is 5.92 Å². The molecule has 13 heavy (non-hydrogen) atoms. The number of likely N-dealkylation sites (N-methyl/N-ethyl adjacent to an activating group) is 1. The zero-order valence-electron chi connectivity index (χ0n) is 9.38. The molecule has 0 aromatic carbocycles. The first-order valence-corrected chi connectivity index (χ1v) is 5.03. The Morgan fingerprint density at radius 1 is 1.46 bits per heavy atom. The van der Waals surface area contributed by atoms with Crippen molar-refractivity contribution in [3.8, 4) is 0 Å². The minimum atomic E-state index is -0.467. The molecule has 0 aliphatic rings. The highest BCUT2D eigenvalue weighted by Crippen LogP contribution is 2.05. The summed E-state index contributed by atoms with van der Waals surface area (Å²) in [5, 5.41) is 9.02. The number of nitrogens with zero attached hydrogens (tertiary/aromatic N) is 1. The molecule has 0 spiro atoms. The Labute approximate surface area is 81.9 Å². The lowest BCUT2D eigenvalue weighted by Gasteiger charge is -2.31. The van der Waals surface area contributed by atoms with Crippen molar-refractivity contribution >= 4 is 0 Å². The zero-order valence-corrected chi connectivity index (χ0v) is 9.38. The van der Waals surface area contributed by atoms with Crippen LogP contribution in [0.5, 0.6) is 0 Å². The lowest BCUT2D eigenvalue weighted by Crippen LogP contribution is -2.51. The summed E-state index contributed by atoms with van der Waals surface area (Å²) >= 11 is 0. The minimum absolute atomic E-state index is 0.0432. The van der Waals surface area contributed by atoms with Gasteiger partial charge in [0.15, 0.2) is 0 Å². The van der Waals surface area contributed by atoms with Crippen molar-refractivity contribution in [2.45, 2.75) is 33.2 Å². The van der Waals surface area contributed by atoms with Crippen molar-refractivity contribution in [2.75, 3.05) is 26.2 Å². The van der Waals surface area contributed by atoms with Gasteiger partial charge in [-0.2, -0.15) is 0 Å². The fourth-order valence-electron chi connectivity index (χ4n) is 1.38. The molecule has 0 fully saturated rings. The first-order valence-electron chi connectivity index (χ1n) is 5.03. The second-order valence-electron chi connectivity index (χ2n) is 4.53. The number of hydrogen-bond donors (Lipinski definition) is 2. The molecule has 0 saturated heterocycles. The smallest absolute Gasteiger partial charge is 0.0621 e. The van der Waals surface area contributed by atoms with E-state index in [0.717, 1.165) is 19.6 Å². The monoisotopic (exact) mass is 188 g/mol. The maximum atomic E-state index is 9.02. The molecule has 0 radical (unpaired) electrons. The molecule has 0 amide bonds. The molecule has 3 N–H and O–H groups in total. The molecule has 0 aromatic heterocycles. The minimum Gasteiger partial charge on any atom is -0.394 e. The van der Waals surface area contributed by atoms with Gasteiger partial charge in [0.2, 0.25) is 0 Å². The summed E-state index contributed by atoms with van der Waals surface area (Å²) in [5.41, 5.74) is 5.41. The number of hydrogen-bond acceptors (Lipinski definition) is 3. The Bertz CT molecular complexity index is 135. The summed E-state index contributed by atoms with van der Waals surface area (Å²) in [5.74, 6) is 0.648. The van der Waals surface area contributed by atoms with Crippen molar-refractivity contribution in [2.24, 2.45) is 11.7 Å². The Morgan fingerprint density at radius 2 is 2.00 bits per heavy atom. The topological polar surface area (TPSA) is 49.5 Å². The second kappa shape index (κ2) is 5.58. The van der Waals surface area contributed by atoms with Gasteiger partial charge in [0.05, 0.1) is 6.61 Å². The summed E-state index contributed by atoms with van der Waals surface area (Å²) < 4.78 is 0. The van der Waals surface area contributed by atoms with Gasteiger partial charge < -0.3 is 15.7 Å². The first kappa shape index (κ1) is 12.9. The average Bonchev–Trinajstić information content (AvgIpc) is 2.02. The molecule has 0 saturated carbocycles. The van der Waals surface area contributed by atoms with Gasteiger partial charge in [0.25, 0.3) is 0 Å². The number of rotatable bonds is 6. The normalized spacial score (nSPS) is 16.6. The molecule has 3 heteroatoms. The van der Waals surface area contributed by atoms with E-state index in [2.05, 4.69) is 25.7 Å². The van der Waals surface area contributed by atoms with E-state index in [1.54, 1.807) is 0 Å². The van der Waals surface area contributed by atoms with E-state index in [9.17, 15) is 0 Å². The van der Waals surface area contributed by atoms with Gasteiger partial charge in [0.1, 0.15) is 0 Å². The predicted molar refractivity (Wildman–Crippen MR) is 56.6 cm³/mol. The van der Waals surface area contributed by atoms with Crippen molar-refractivity contribution in [1.29, 1.82) is 0 Å². The van der Waals surface area contributed by atoms with Crippen LogP contribution in [0.4, 0.5) is 0 Å². The molecular weight excluding hydrogens is 164 g/mol. The van der Waals surface area contributed by atoms with Gasteiger partial charge >= 0.3 is 0 Å². The molecule has 0 bridgehead atoms. The lowest BCUT2D eigenvalue weighted by molar-refractivity contribution is 0.143. The number of nitrogens with two attached hydrogens (primary N) is 1. The van der Waals surface area contributed by atoms with E-state index in [0.29, 0.717) is 5.92 Å². The van der Waals surface area contributed by atoms with Crippen LogP contribution in [0.3, 0.4) is 0 Å². The van der Waals surface area contributed by atoms with E-state index in [-0.39, 0.29) is 6.61 Å². The fraction of sp³-hybridized carbons (Fsp3) is 1.00. The van der Waals surface area contributed by atoms with E-state index < -0.39 is 5.54 Å². The fourth-order valence-corrected chi connectivity index (χ4v) is 1.38. The molecule has 0 heterocycles. The van der Waals surface area contributed by atoms with Crippen molar-refractivity contribution < 1.29 is 5.11 Å². The molecule has 0 aliphatic carbocycles. The van der Waals surface area contributed by atoms with Gasteiger partial charge in [-0.1, -0.05) is 20.8 Å². The highest BCUT2D eigenvalue weighted by atomic mass is 16.3. The Morgan fingerprint density at radius 3 is 2.31 bits per heavy atom. The maximum Gasteiger partial charge on any atom is 0.0621 e. The van der Waals surface area contributed by atoms with Crippen LogP contribution in [0.25, 0.3) is 0 Å². The van der Waals surface area contributed by atoms with Gasteiger partial charge in [-0.3, -0.25) is 0 Å². The highest BCUT2D eigenvalue weighted by Gasteiger charge is 2.20. The third kappa shape index (κ3) is 6.02. The largest absolute Gasteiger partial charge is 0.394 e. The summed E-state index contributed by atoms with van der Waals surface area (Å²) in [6, 6.07) is 0. The molecule has 0 aromatic rings. The van der Waals surface area contributed by atoms with Crippen LogP contribution in [-0.4, -0.2) is 41.8 Å². The van der Waals surface area contributed by atoms with Gasteiger partial charge in [-0.25, -0.2) is 0 Å². The Hall–Kier alpha value is -0.120. The van der Waals surface area contributed by atoms with Gasteiger partial charge in [0, 0.05) is 18.6 Å². The first-order chi connectivity index (χ1) is 5.91.